The Kier molecular flexibility index (Phi) is 6.93. The van der Waals surface area contributed by atoms with Crippen molar-refractivity contribution < 1.29 is 4.79 Å². The molecular weight excluding hydrogens is 238 g/mol. The average molecular weight is 263 g/mol. The average Bonchev–Trinajstić information content (AvgIpc) is 2.39. The van der Waals surface area contributed by atoms with Crippen molar-refractivity contribution in [2.24, 2.45) is 0 Å². The molecule has 1 unspecified atom stereocenters. The van der Waals surface area contributed by atoms with Crippen LogP contribution in [0.2, 0.25) is 0 Å². The molecule has 0 aliphatic heterocycles. The molecule has 4 nitrogen and oxygen atoms in total. The van der Waals surface area contributed by atoms with Gasteiger partial charge in [0.1, 0.15) is 5.69 Å². The summed E-state index contributed by atoms with van der Waals surface area (Å²) >= 11 is 0. The van der Waals surface area contributed by atoms with Crippen LogP contribution in [0.1, 0.15) is 56.9 Å². The van der Waals surface area contributed by atoms with Crippen molar-refractivity contribution in [1.29, 1.82) is 0 Å². The standard InChI is InChI=1S/C15H25N3O/c1-4-6-7-8-12(3)18-13-9-10-17-14(11-13)15(19)16-5-2/h9-12H,4-8H2,1-3H3,(H,16,19)(H,17,18). The summed E-state index contributed by atoms with van der Waals surface area (Å²) < 4.78 is 0. The van der Waals surface area contributed by atoms with Crippen LogP contribution in [0.15, 0.2) is 18.3 Å². The lowest BCUT2D eigenvalue weighted by Crippen LogP contribution is -2.24. The number of unbranched alkanes of at least 4 members (excludes halogenated alkanes) is 2. The minimum absolute atomic E-state index is 0.121. The van der Waals surface area contributed by atoms with Crippen molar-refractivity contribution in [3.8, 4) is 0 Å². The Labute approximate surface area is 116 Å². The molecule has 1 aromatic rings. The number of amides is 1. The van der Waals surface area contributed by atoms with Crippen LogP contribution in [0.3, 0.4) is 0 Å². The normalized spacial score (nSPS) is 11.9. The minimum Gasteiger partial charge on any atom is -0.382 e. The van der Waals surface area contributed by atoms with Gasteiger partial charge in [-0.15, -0.1) is 0 Å². The lowest BCUT2D eigenvalue weighted by molar-refractivity contribution is 0.0951. The summed E-state index contributed by atoms with van der Waals surface area (Å²) in [6, 6.07) is 4.12. The molecule has 0 aliphatic rings. The Balaban J connectivity index is 2.54. The lowest BCUT2D eigenvalue weighted by Gasteiger charge is -2.15. The van der Waals surface area contributed by atoms with Gasteiger partial charge in [-0.1, -0.05) is 26.2 Å². The zero-order valence-electron chi connectivity index (χ0n) is 12.2. The van der Waals surface area contributed by atoms with Gasteiger partial charge >= 0.3 is 0 Å². The first-order chi connectivity index (χ1) is 9.17. The number of hydrogen-bond donors (Lipinski definition) is 2. The summed E-state index contributed by atoms with van der Waals surface area (Å²) in [5.41, 5.74) is 1.42. The van der Waals surface area contributed by atoms with Gasteiger partial charge in [-0.05, 0) is 32.4 Å². The van der Waals surface area contributed by atoms with Crippen molar-refractivity contribution in [3.05, 3.63) is 24.0 Å². The number of nitrogens with zero attached hydrogens (tertiary/aromatic N) is 1. The monoisotopic (exact) mass is 263 g/mol. The molecule has 1 amide bonds. The van der Waals surface area contributed by atoms with E-state index >= 15 is 0 Å². The summed E-state index contributed by atoms with van der Waals surface area (Å²) in [6.45, 7) is 6.89. The Morgan fingerprint density at radius 3 is 2.84 bits per heavy atom. The lowest BCUT2D eigenvalue weighted by atomic mass is 10.1. The third kappa shape index (κ3) is 5.73. The Hall–Kier alpha value is -1.58. The van der Waals surface area contributed by atoms with E-state index in [9.17, 15) is 4.79 Å². The zero-order chi connectivity index (χ0) is 14.1. The molecule has 0 saturated heterocycles. The van der Waals surface area contributed by atoms with Gasteiger partial charge in [-0.2, -0.15) is 0 Å². The van der Waals surface area contributed by atoms with E-state index in [2.05, 4.69) is 29.5 Å². The Bertz CT molecular complexity index is 393. The van der Waals surface area contributed by atoms with Crippen LogP contribution in [0.4, 0.5) is 5.69 Å². The molecule has 0 radical (unpaired) electrons. The van der Waals surface area contributed by atoms with Gasteiger partial charge in [-0.25, -0.2) is 0 Å². The van der Waals surface area contributed by atoms with E-state index in [0.29, 0.717) is 18.3 Å². The topological polar surface area (TPSA) is 54.0 Å². The van der Waals surface area contributed by atoms with Crippen LogP contribution >= 0.6 is 0 Å². The fourth-order valence-electron chi connectivity index (χ4n) is 1.95. The van der Waals surface area contributed by atoms with Crippen LogP contribution in [-0.2, 0) is 0 Å². The third-order valence-corrected chi connectivity index (χ3v) is 2.98. The molecule has 106 valence electrons. The van der Waals surface area contributed by atoms with Crippen LogP contribution < -0.4 is 10.6 Å². The SMILES string of the molecule is CCCCCC(C)Nc1ccnc(C(=O)NCC)c1. The summed E-state index contributed by atoms with van der Waals surface area (Å²) in [6.07, 6.45) is 6.56. The maximum atomic E-state index is 11.7. The van der Waals surface area contributed by atoms with Crippen LogP contribution in [0.25, 0.3) is 0 Å². The van der Waals surface area contributed by atoms with E-state index in [1.54, 1.807) is 12.3 Å². The molecule has 0 bridgehead atoms. The molecule has 0 spiro atoms. The number of nitrogens with one attached hydrogen (secondary N) is 2. The zero-order valence-corrected chi connectivity index (χ0v) is 12.2. The van der Waals surface area contributed by atoms with E-state index in [4.69, 9.17) is 0 Å². The minimum atomic E-state index is -0.121. The maximum Gasteiger partial charge on any atom is 0.269 e. The van der Waals surface area contributed by atoms with Crippen molar-refractivity contribution in [2.45, 2.75) is 52.5 Å². The third-order valence-electron chi connectivity index (χ3n) is 2.98. The van der Waals surface area contributed by atoms with Gasteiger partial charge in [0.2, 0.25) is 0 Å². The van der Waals surface area contributed by atoms with Crippen LogP contribution in [-0.4, -0.2) is 23.5 Å². The quantitative estimate of drug-likeness (QED) is 0.708. The highest BCUT2D eigenvalue weighted by Gasteiger charge is 2.07. The van der Waals surface area contributed by atoms with E-state index in [0.717, 1.165) is 12.1 Å². The van der Waals surface area contributed by atoms with Gasteiger partial charge in [0.15, 0.2) is 0 Å². The van der Waals surface area contributed by atoms with Crippen LogP contribution in [0, 0.1) is 0 Å². The Morgan fingerprint density at radius 1 is 1.37 bits per heavy atom. The van der Waals surface area contributed by atoms with E-state index in [1.807, 2.05) is 13.0 Å². The number of rotatable bonds is 8. The van der Waals surface area contributed by atoms with Crippen molar-refractivity contribution >= 4 is 11.6 Å². The molecule has 0 fully saturated rings. The predicted molar refractivity (Wildman–Crippen MR) is 79.5 cm³/mol. The number of anilines is 1. The predicted octanol–water partition coefficient (Wildman–Crippen LogP) is 3.21. The molecule has 2 N–H and O–H groups in total. The molecule has 1 heterocycles. The van der Waals surface area contributed by atoms with Crippen molar-refractivity contribution in [3.63, 3.8) is 0 Å². The highest BCUT2D eigenvalue weighted by Crippen LogP contribution is 2.12. The van der Waals surface area contributed by atoms with Gasteiger partial charge in [0, 0.05) is 24.5 Å². The number of aromatic nitrogens is 1. The number of carbonyl (C=O) groups is 1. The van der Waals surface area contributed by atoms with Crippen molar-refractivity contribution in [2.75, 3.05) is 11.9 Å². The fourth-order valence-corrected chi connectivity index (χ4v) is 1.95. The van der Waals surface area contributed by atoms with Crippen molar-refractivity contribution in [1.82, 2.24) is 10.3 Å². The Morgan fingerprint density at radius 2 is 2.16 bits per heavy atom. The second-order valence-electron chi connectivity index (χ2n) is 4.83. The second-order valence-corrected chi connectivity index (χ2v) is 4.83. The number of carbonyl (C=O) groups excluding carboxylic acids is 1. The molecular formula is C15H25N3O. The molecule has 1 rings (SSSR count). The first kappa shape index (κ1) is 15.5. The van der Waals surface area contributed by atoms with Crippen LogP contribution in [0.5, 0.6) is 0 Å². The smallest absolute Gasteiger partial charge is 0.269 e. The highest BCUT2D eigenvalue weighted by atomic mass is 16.1. The van der Waals surface area contributed by atoms with E-state index in [1.165, 1.54) is 19.3 Å². The summed E-state index contributed by atoms with van der Waals surface area (Å²) in [5.74, 6) is -0.121. The largest absolute Gasteiger partial charge is 0.382 e. The molecule has 1 atom stereocenters. The van der Waals surface area contributed by atoms with Gasteiger partial charge in [0.25, 0.3) is 5.91 Å². The maximum absolute atomic E-state index is 11.7. The van der Waals surface area contributed by atoms with E-state index in [-0.39, 0.29) is 5.91 Å². The molecule has 1 aromatic heterocycles. The summed E-state index contributed by atoms with van der Waals surface area (Å²) in [7, 11) is 0. The number of hydrogen-bond acceptors (Lipinski definition) is 3. The first-order valence-electron chi connectivity index (χ1n) is 7.18. The first-order valence-corrected chi connectivity index (χ1v) is 7.18. The molecule has 19 heavy (non-hydrogen) atoms. The van der Waals surface area contributed by atoms with E-state index < -0.39 is 0 Å². The van der Waals surface area contributed by atoms with Gasteiger partial charge in [0.05, 0.1) is 0 Å². The fraction of sp³-hybridized carbons (Fsp3) is 0.600. The molecule has 0 saturated carbocycles. The van der Waals surface area contributed by atoms with Gasteiger partial charge in [-0.3, -0.25) is 9.78 Å². The summed E-state index contributed by atoms with van der Waals surface area (Å²) in [5, 5.41) is 6.17. The molecule has 0 aliphatic carbocycles. The van der Waals surface area contributed by atoms with Gasteiger partial charge < -0.3 is 10.6 Å². The molecule has 0 aromatic carbocycles. The highest BCUT2D eigenvalue weighted by molar-refractivity contribution is 5.93. The summed E-state index contributed by atoms with van der Waals surface area (Å²) in [4.78, 5) is 15.8. The number of pyridine rings is 1. The molecule has 4 heteroatoms. The second kappa shape index (κ2) is 8.51.